The molecule has 144 valence electrons. The summed E-state index contributed by atoms with van der Waals surface area (Å²) in [7, 11) is 0. The summed E-state index contributed by atoms with van der Waals surface area (Å²) < 4.78 is 34.3. The Hall–Kier alpha value is -3.48. The first-order valence-corrected chi connectivity index (χ1v) is 8.56. The first-order chi connectivity index (χ1) is 13.4. The maximum absolute atomic E-state index is 13.7. The number of carbonyl (C=O) groups excluding carboxylic acids is 2. The molecule has 2 aromatic carbocycles. The second-order valence-corrected chi connectivity index (χ2v) is 6.23. The number of para-hydroxylation sites is 1. The van der Waals surface area contributed by atoms with Crippen LogP contribution >= 0.6 is 0 Å². The van der Waals surface area contributed by atoms with Gasteiger partial charge in [0.15, 0.2) is 6.10 Å². The SMILES string of the molecule is Cc1ccc(C(=O)OC(C)C(=O)Nc2c(F)cccc2F)cc1-n1cccc1. The zero-order valence-corrected chi connectivity index (χ0v) is 15.3. The molecule has 1 amide bonds. The molecule has 1 aromatic heterocycles. The number of aryl methyl sites for hydroxylation is 1. The molecule has 0 radical (unpaired) electrons. The lowest BCUT2D eigenvalue weighted by molar-refractivity contribution is -0.123. The van der Waals surface area contributed by atoms with Crippen LogP contribution in [0.15, 0.2) is 60.9 Å². The van der Waals surface area contributed by atoms with Gasteiger partial charge in [0, 0.05) is 18.1 Å². The van der Waals surface area contributed by atoms with Crippen LogP contribution in [0.5, 0.6) is 0 Å². The van der Waals surface area contributed by atoms with Crippen molar-refractivity contribution in [1.29, 1.82) is 0 Å². The Labute approximate surface area is 160 Å². The van der Waals surface area contributed by atoms with Crippen molar-refractivity contribution in [1.82, 2.24) is 4.57 Å². The van der Waals surface area contributed by atoms with E-state index in [0.717, 1.165) is 23.4 Å². The van der Waals surface area contributed by atoms with Gasteiger partial charge in [-0.05, 0) is 55.8 Å². The summed E-state index contributed by atoms with van der Waals surface area (Å²) in [6, 6.07) is 12.0. The van der Waals surface area contributed by atoms with Gasteiger partial charge in [-0.15, -0.1) is 0 Å². The summed E-state index contributed by atoms with van der Waals surface area (Å²) in [6.45, 7) is 3.23. The average Bonchev–Trinajstić information content (AvgIpc) is 3.19. The molecule has 0 aliphatic rings. The molecule has 0 saturated heterocycles. The number of hydrogen-bond donors (Lipinski definition) is 1. The molecule has 3 aromatic rings. The lowest BCUT2D eigenvalue weighted by atomic mass is 10.1. The summed E-state index contributed by atoms with van der Waals surface area (Å²) in [4.78, 5) is 24.6. The van der Waals surface area contributed by atoms with Gasteiger partial charge in [0.1, 0.15) is 17.3 Å². The number of esters is 1. The molecule has 3 rings (SSSR count). The first-order valence-electron chi connectivity index (χ1n) is 8.56. The highest BCUT2D eigenvalue weighted by atomic mass is 19.1. The Morgan fingerprint density at radius 3 is 2.32 bits per heavy atom. The third-order valence-electron chi connectivity index (χ3n) is 4.19. The van der Waals surface area contributed by atoms with Crippen LogP contribution in [0.3, 0.4) is 0 Å². The highest BCUT2D eigenvalue weighted by molar-refractivity contribution is 5.97. The Morgan fingerprint density at radius 1 is 1.04 bits per heavy atom. The van der Waals surface area contributed by atoms with Gasteiger partial charge in [0.05, 0.1) is 5.56 Å². The van der Waals surface area contributed by atoms with Crippen molar-refractivity contribution < 1.29 is 23.1 Å². The fourth-order valence-electron chi connectivity index (χ4n) is 2.63. The molecule has 7 heteroatoms. The van der Waals surface area contributed by atoms with Crippen LogP contribution in [0.4, 0.5) is 14.5 Å². The van der Waals surface area contributed by atoms with Crippen LogP contribution in [-0.4, -0.2) is 22.5 Å². The van der Waals surface area contributed by atoms with Crippen LogP contribution in [-0.2, 0) is 9.53 Å². The second-order valence-electron chi connectivity index (χ2n) is 6.23. The summed E-state index contributed by atoms with van der Waals surface area (Å²) in [6.07, 6.45) is 2.44. The fourth-order valence-corrected chi connectivity index (χ4v) is 2.63. The lowest BCUT2D eigenvalue weighted by Gasteiger charge is -2.15. The maximum atomic E-state index is 13.7. The molecule has 0 saturated carbocycles. The zero-order chi connectivity index (χ0) is 20.3. The number of aromatic nitrogens is 1. The van der Waals surface area contributed by atoms with Crippen LogP contribution in [0, 0.1) is 18.6 Å². The van der Waals surface area contributed by atoms with Gasteiger partial charge in [-0.2, -0.15) is 0 Å². The summed E-state index contributed by atoms with van der Waals surface area (Å²) >= 11 is 0. The van der Waals surface area contributed by atoms with Gasteiger partial charge < -0.3 is 14.6 Å². The molecule has 1 heterocycles. The summed E-state index contributed by atoms with van der Waals surface area (Å²) in [5.41, 5.74) is 1.42. The van der Waals surface area contributed by atoms with Crippen molar-refractivity contribution in [3.8, 4) is 5.69 Å². The largest absolute Gasteiger partial charge is 0.449 e. The Morgan fingerprint density at radius 2 is 1.68 bits per heavy atom. The molecule has 28 heavy (non-hydrogen) atoms. The smallest absolute Gasteiger partial charge is 0.338 e. The molecule has 0 aliphatic heterocycles. The second kappa shape index (κ2) is 8.04. The Balaban J connectivity index is 1.72. The quantitative estimate of drug-likeness (QED) is 0.669. The number of nitrogens with one attached hydrogen (secondary N) is 1. The van der Waals surface area contributed by atoms with Gasteiger partial charge in [-0.1, -0.05) is 12.1 Å². The van der Waals surface area contributed by atoms with Gasteiger partial charge in [0.2, 0.25) is 0 Å². The van der Waals surface area contributed by atoms with Crippen molar-refractivity contribution in [3.63, 3.8) is 0 Å². The number of halogens is 2. The highest BCUT2D eigenvalue weighted by Gasteiger charge is 2.22. The average molecular weight is 384 g/mol. The molecule has 1 atom stereocenters. The monoisotopic (exact) mass is 384 g/mol. The maximum Gasteiger partial charge on any atom is 0.338 e. The first kappa shape index (κ1) is 19.3. The summed E-state index contributed by atoms with van der Waals surface area (Å²) in [5.74, 6) is -3.39. The topological polar surface area (TPSA) is 60.3 Å². The number of benzene rings is 2. The van der Waals surface area contributed by atoms with E-state index in [1.807, 2.05) is 36.0 Å². The van der Waals surface area contributed by atoms with Crippen LogP contribution < -0.4 is 5.32 Å². The highest BCUT2D eigenvalue weighted by Crippen LogP contribution is 2.20. The van der Waals surface area contributed by atoms with Crippen molar-refractivity contribution >= 4 is 17.6 Å². The van der Waals surface area contributed by atoms with E-state index in [2.05, 4.69) is 5.32 Å². The van der Waals surface area contributed by atoms with Gasteiger partial charge in [-0.25, -0.2) is 13.6 Å². The number of nitrogens with zero attached hydrogens (tertiary/aromatic N) is 1. The molecule has 0 aliphatic carbocycles. The molecule has 0 spiro atoms. The minimum atomic E-state index is -1.25. The number of carbonyl (C=O) groups is 2. The van der Waals surface area contributed by atoms with Crippen molar-refractivity contribution in [2.24, 2.45) is 0 Å². The number of anilines is 1. The number of amides is 1. The third-order valence-corrected chi connectivity index (χ3v) is 4.19. The van der Waals surface area contributed by atoms with E-state index in [4.69, 9.17) is 4.74 Å². The van der Waals surface area contributed by atoms with E-state index in [1.54, 1.807) is 18.2 Å². The van der Waals surface area contributed by atoms with E-state index in [1.165, 1.54) is 13.0 Å². The molecule has 0 bridgehead atoms. The number of rotatable bonds is 5. The van der Waals surface area contributed by atoms with Crippen LogP contribution in [0.1, 0.15) is 22.8 Å². The fraction of sp³-hybridized carbons (Fsp3) is 0.143. The third kappa shape index (κ3) is 4.09. The van der Waals surface area contributed by atoms with E-state index in [-0.39, 0.29) is 5.56 Å². The number of ether oxygens (including phenoxy) is 1. The molecule has 1 unspecified atom stereocenters. The van der Waals surface area contributed by atoms with E-state index >= 15 is 0 Å². The predicted molar refractivity (Wildman–Crippen MR) is 100 cm³/mol. The molecular formula is C21H18F2N2O3. The molecule has 5 nitrogen and oxygen atoms in total. The van der Waals surface area contributed by atoms with Crippen LogP contribution in [0.25, 0.3) is 5.69 Å². The molecular weight excluding hydrogens is 366 g/mol. The minimum Gasteiger partial charge on any atom is -0.449 e. The van der Waals surface area contributed by atoms with Gasteiger partial charge in [0.25, 0.3) is 5.91 Å². The van der Waals surface area contributed by atoms with Crippen molar-refractivity contribution in [2.45, 2.75) is 20.0 Å². The molecule has 0 fully saturated rings. The van der Waals surface area contributed by atoms with Crippen molar-refractivity contribution in [2.75, 3.05) is 5.32 Å². The number of hydrogen-bond acceptors (Lipinski definition) is 3. The van der Waals surface area contributed by atoms with Gasteiger partial charge >= 0.3 is 5.97 Å². The summed E-state index contributed by atoms with van der Waals surface area (Å²) in [5, 5.41) is 2.11. The minimum absolute atomic E-state index is 0.256. The standard InChI is InChI=1S/C21H18F2N2O3/c1-13-8-9-15(12-18(13)25-10-3-4-11-25)21(27)28-14(2)20(26)24-19-16(22)6-5-7-17(19)23/h3-12,14H,1-2H3,(H,24,26). The lowest BCUT2D eigenvalue weighted by Crippen LogP contribution is -2.30. The van der Waals surface area contributed by atoms with Crippen molar-refractivity contribution in [3.05, 3.63) is 83.7 Å². The van der Waals surface area contributed by atoms with Gasteiger partial charge in [-0.3, -0.25) is 4.79 Å². The van der Waals surface area contributed by atoms with Crippen LogP contribution in [0.2, 0.25) is 0 Å². The molecule has 1 N–H and O–H groups in total. The zero-order valence-electron chi connectivity index (χ0n) is 15.3. The predicted octanol–water partition coefficient (Wildman–Crippen LogP) is 4.25. The Kier molecular flexibility index (Phi) is 5.54. The normalized spacial score (nSPS) is 11.7. The Bertz CT molecular complexity index is 996. The van der Waals surface area contributed by atoms with E-state index in [9.17, 15) is 18.4 Å². The van der Waals surface area contributed by atoms with E-state index in [0.29, 0.717) is 0 Å². The van der Waals surface area contributed by atoms with E-state index < -0.39 is 35.3 Å².